The first-order valence-electron chi connectivity index (χ1n) is 6.41. The van der Waals surface area contributed by atoms with Crippen molar-refractivity contribution in [2.45, 2.75) is 12.5 Å². The lowest BCUT2D eigenvalue weighted by atomic mass is 10.2. The standard InChI is InChI=1S/C12H13ClN6O2/c13-8-3-7(4-10(5-8)19(20)21)11-15-12(17-16-11)18-2-1-9(14)6-18/h3-5,9H,1-2,6,14H2,(H,15,16,17). The first-order valence-corrected chi connectivity index (χ1v) is 6.79. The monoisotopic (exact) mass is 308 g/mol. The Balaban J connectivity index is 1.91. The summed E-state index contributed by atoms with van der Waals surface area (Å²) in [6.45, 7) is 1.50. The molecule has 0 bridgehead atoms. The van der Waals surface area contributed by atoms with Crippen LogP contribution in [0.5, 0.6) is 0 Å². The van der Waals surface area contributed by atoms with Crippen LogP contribution in [0.4, 0.5) is 11.6 Å². The largest absolute Gasteiger partial charge is 0.338 e. The van der Waals surface area contributed by atoms with Gasteiger partial charge in [-0.1, -0.05) is 11.6 Å². The number of hydrogen-bond donors (Lipinski definition) is 2. The maximum absolute atomic E-state index is 10.9. The van der Waals surface area contributed by atoms with Gasteiger partial charge in [-0.3, -0.25) is 15.2 Å². The molecule has 0 radical (unpaired) electrons. The molecular formula is C12H13ClN6O2. The highest BCUT2D eigenvalue weighted by atomic mass is 35.5. The Morgan fingerprint density at radius 3 is 2.95 bits per heavy atom. The SMILES string of the molecule is NC1CCN(c2n[nH]c(-c3cc(Cl)cc([N+](=O)[O-])c3)n2)C1. The number of aromatic amines is 1. The smallest absolute Gasteiger partial charge is 0.271 e. The van der Waals surface area contributed by atoms with Gasteiger partial charge in [-0.05, 0) is 12.5 Å². The molecule has 3 N–H and O–H groups in total. The fourth-order valence-electron chi connectivity index (χ4n) is 2.31. The molecule has 0 saturated carbocycles. The molecule has 21 heavy (non-hydrogen) atoms. The van der Waals surface area contributed by atoms with Crippen LogP contribution in [0.1, 0.15) is 6.42 Å². The molecule has 0 amide bonds. The highest BCUT2D eigenvalue weighted by molar-refractivity contribution is 6.31. The Hall–Kier alpha value is -2.19. The first kappa shape index (κ1) is 13.8. The number of halogens is 1. The third-order valence-corrected chi connectivity index (χ3v) is 3.57. The van der Waals surface area contributed by atoms with Crippen LogP contribution in [0, 0.1) is 10.1 Å². The van der Waals surface area contributed by atoms with Crippen LogP contribution in [-0.2, 0) is 0 Å². The summed E-state index contributed by atoms with van der Waals surface area (Å²) in [6, 6.07) is 4.43. The number of nitrogens with zero attached hydrogens (tertiary/aromatic N) is 4. The van der Waals surface area contributed by atoms with E-state index in [4.69, 9.17) is 17.3 Å². The quantitative estimate of drug-likeness (QED) is 0.657. The Morgan fingerprint density at radius 2 is 2.29 bits per heavy atom. The molecule has 1 aliphatic rings. The minimum atomic E-state index is -0.494. The fraction of sp³-hybridized carbons (Fsp3) is 0.333. The second-order valence-corrected chi connectivity index (χ2v) is 5.37. The normalized spacial score (nSPS) is 18.2. The van der Waals surface area contributed by atoms with E-state index in [1.165, 1.54) is 12.1 Å². The number of aromatic nitrogens is 3. The molecule has 2 aromatic rings. The van der Waals surface area contributed by atoms with E-state index in [1.54, 1.807) is 6.07 Å². The third kappa shape index (κ3) is 2.81. The molecule has 2 heterocycles. The van der Waals surface area contributed by atoms with E-state index >= 15 is 0 Å². The minimum absolute atomic E-state index is 0.0846. The van der Waals surface area contributed by atoms with Gasteiger partial charge in [0.2, 0.25) is 5.95 Å². The van der Waals surface area contributed by atoms with Crippen molar-refractivity contribution in [2.24, 2.45) is 5.73 Å². The number of nitrogens with two attached hydrogens (primary N) is 1. The molecule has 0 aliphatic carbocycles. The van der Waals surface area contributed by atoms with Crippen LogP contribution < -0.4 is 10.6 Å². The zero-order valence-electron chi connectivity index (χ0n) is 11.0. The fourth-order valence-corrected chi connectivity index (χ4v) is 2.54. The van der Waals surface area contributed by atoms with Gasteiger partial charge in [0.05, 0.1) is 4.92 Å². The first-order chi connectivity index (χ1) is 10.0. The molecule has 3 rings (SSSR count). The Labute approximate surface area is 125 Å². The Kier molecular flexibility index (Phi) is 3.48. The van der Waals surface area contributed by atoms with Crippen LogP contribution in [0.3, 0.4) is 0 Å². The van der Waals surface area contributed by atoms with Gasteiger partial charge in [-0.2, -0.15) is 4.98 Å². The van der Waals surface area contributed by atoms with Gasteiger partial charge >= 0.3 is 0 Å². The maximum Gasteiger partial charge on any atom is 0.271 e. The number of rotatable bonds is 3. The van der Waals surface area contributed by atoms with Crippen LogP contribution >= 0.6 is 11.6 Å². The van der Waals surface area contributed by atoms with Gasteiger partial charge in [-0.15, -0.1) is 5.10 Å². The summed E-state index contributed by atoms with van der Waals surface area (Å²) in [5.74, 6) is 0.983. The van der Waals surface area contributed by atoms with E-state index < -0.39 is 4.92 Å². The predicted octanol–water partition coefficient (Wildman–Crippen LogP) is 1.57. The van der Waals surface area contributed by atoms with Crippen LogP contribution in [-0.4, -0.2) is 39.2 Å². The van der Waals surface area contributed by atoms with Crippen molar-refractivity contribution in [2.75, 3.05) is 18.0 Å². The lowest BCUT2D eigenvalue weighted by Crippen LogP contribution is -2.26. The summed E-state index contributed by atoms with van der Waals surface area (Å²) >= 11 is 5.90. The second kappa shape index (κ2) is 5.30. The lowest BCUT2D eigenvalue weighted by Gasteiger charge is -2.11. The van der Waals surface area contributed by atoms with Crippen LogP contribution in [0.25, 0.3) is 11.4 Å². The molecule has 1 fully saturated rings. The molecule has 1 atom stereocenters. The molecule has 1 aromatic carbocycles. The summed E-state index contributed by atoms with van der Waals surface area (Å²) in [7, 11) is 0. The molecule has 1 aliphatic heterocycles. The number of H-pyrrole nitrogens is 1. The van der Waals surface area contributed by atoms with Gasteiger partial charge in [0.15, 0.2) is 5.82 Å². The minimum Gasteiger partial charge on any atom is -0.338 e. The molecule has 9 heteroatoms. The number of nitro groups is 1. The van der Waals surface area contributed by atoms with Gasteiger partial charge < -0.3 is 10.6 Å². The highest BCUT2D eigenvalue weighted by Gasteiger charge is 2.23. The highest BCUT2D eigenvalue weighted by Crippen LogP contribution is 2.27. The van der Waals surface area contributed by atoms with E-state index in [0.29, 0.717) is 23.9 Å². The summed E-state index contributed by atoms with van der Waals surface area (Å²) < 4.78 is 0. The van der Waals surface area contributed by atoms with E-state index in [0.717, 1.165) is 13.0 Å². The maximum atomic E-state index is 10.9. The van der Waals surface area contributed by atoms with Gasteiger partial charge in [0.1, 0.15) is 0 Å². The zero-order chi connectivity index (χ0) is 15.0. The molecule has 110 valence electrons. The van der Waals surface area contributed by atoms with Gasteiger partial charge in [0.25, 0.3) is 5.69 Å². The predicted molar refractivity (Wildman–Crippen MR) is 78.3 cm³/mol. The second-order valence-electron chi connectivity index (χ2n) is 4.93. The Morgan fingerprint density at radius 1 is 1.48 bits per heavy atom. The topological polar surface area (TPSA) is 114 Å². The van der Waals surface area contributed by atoms with Crippen molar-refractivity contribution < 1.29 is 4.92 Å². The van der Waals surface area contributed by atoms with Crippen molar-refractivity contribution in [1.82, 2.24) is 15.2 Å². The van der Waals surface area contributed by atoms with Crippen molar-refractivity contribution >= 4 is 23.2 Å². The molecule has 8 nitrogen and oxygen atoms in total. The van der Waals surface area contributed by atoms with E-state index in [2.05, 4.69) is 15.2 Å². The molecule has 1 aromatic heterocycles. The average Bonchev–Trinajstić information content (AvgIpc) is 3.06. The zero-order valence-corrected chi connectivity index (χ0v) is 11.7. The average molecular weight is 309 g/mol. The van der Waals surface area contributed by atoms with Crippen molar-refractivity contribution in [3.63, 3.8) is 0 Å². The lowest BCUT2D eigenvalue weighted by molar-refractivity contribution is -0.384. The van der Waals surface area contributed by atoms with Gasteiger partial charge in [0, 0.05) is 41.9 Å². The molecule has 1 saturated heterocycles. The number of hydrogen-bond acceptors (Lipinski definition) is 6. The Bertz CT molecular complexity index is 688. The van der Waals surface area contributed by atoms with E-state index in [-0.39, 0.29) is 16.8 Å². The van der Waals surface area contributed by atoms with Crippen molar-refractivity contribution in [1.29, 1.82) is 0 Å². The molecule has 1 unspecified atom stereocenters. The summed E-state index contributed by atoms with van der Waals surface area (Å²) in [5.41, 5.74) is 6.29. The number of non-ortho nitro benzene ring substituents is 1. The summed E-state index contributed by atoms with van der Waals surface area (Å²) in [6.07, 6.45) is 0.895. The van der Waals surface area contributed by atoms with Crippen LogP contribution in [0.2, 0.25) is 5.02 Å². The number of nitrogens with one attached hydrogen (secondary N) is 1. The van der Waals surface area contributed by atoms with Crippen molar-refractivity contribution in [3.8, 4) is 11.4 Å². The summed E-state index contributed by atoms with van der Waals surface area (Å²) in [4.78, 5) is 16.7. The van der Waals surface area contributed by atoms with E-state index in [9.17, 15) is 10.1 Å². The number of benzene rings is 1. The van der Waals surface area contributed by atoms with Gasteiger partial charge in [-0.25, -0.2) is 0 Å². The van der Waals surface area contributed by atoms with Crippen molar-refractivity contribution in [3.05, 3.63) is 33.3 Å². The third-order valence-electron chi connectivity index (χ3n) is 3.35. The summed E-state index contributed by atoms with van der Waals surface area (Å²) in [5, 5.41) is 18.1. The number of anilines is 1. The molecule has 0 spiro atoms. The number of nitro benzene ring substituents is 1. The van der Waals surface area contributed by atoms with E-state index in [1.807, 2.05) is 4.90 Å². The molecular weight excluding hydrogens is 296 g/mol. The van der Waals surface area contributed by atoms with Crippen LogP contribution in [0.15, 0.2) is 18.2 Å².